The van der Waals surface area contributed by atoms with E-state index in [-0.39, 0.29) is 11.9 Å². The van der Waals surface area contributed by atoms with E-state index in [1.807, 2.05) is 6.07 Å². The zero-order valence-corrected chi connectivity index (χ0v) is 13.4. The first-order valence-electron chi connectivity index (χ1n) is 8.05. The smallest absolute Gasteiger partial charge is 0.326 e. The minimum absolute atomic E-state index is 0.114. The summed E-state index contributed by atoms with van der Waals surface area (Å²) in [6, 6.07) is 10.7. The topological polar surface area (TPSA) is 38.3 Å². The average molecular weight is 289 g/mol. The fourth-order valence-corrected chi connectivity index (χ4v) is 3.51. The maximum Gasteiger partial charge on any atom is 0.326 e. The maximum atomic E-state index is 12.6. The molecule has 3 heteroatoms. The Morgan fingerprint density at radius 1 is 1.38 bits per heavy atom. The van der Waals surface area contributed by atoms with Crippen LogP contribution < -0.4 is 5.32 Å². The van der Waals surface area contributed by atoms with Crippen LogP contribution in [0.4, 0.5) is 0 Å². The largest absolute Gasteiger partial charge is 0.468 e. The molecule has 2 rings (SSSR count). The lowest BCUT2D eigenvalue weighted by Crippen LogP contribution is -2.60. The van der Waals surface area contributed by atoms with Crippen molar-refractivity contribution in [1.82, 2.24) is 5.32 Å². The van der Waals surface area contributed by atoms with E-state index in [1.54, 1.807) is 0 Å². The molecular formula is C18H27NO2. The van der Waals surface area contributed by atoms with Crippen molar-refractivity contribution < 1.29 is 9.53 Å². The van der Waals surface area contributed by atoms with Gasteiger partial charge in [-0.15, -0.1) is 0 Å². The van der Waals surface area contributed by atoms with Crippen LogP contribution in [0.3, 0.4) is 0 Å². The van der Waals surface area contributed by atoms with Gasteiger partial charge in [-0.25, -0.2) is 0 Å². The molecule has 1 aromatic carbocycles. The van der Waals surface area contributed by atoms with Gasteiger partial charge in [0, 0.05) is 12.0 Å². The number of rotatable bonds is 5. The normalized spacial score (nSPS) is 27.1. The highest BCUT2D eigenvalue weighted by Crippen LogP contribution is 2.42. The number of carbonyl (C=O) groups excluding carboxylic acids is 1. The van der Waals surface area contributed by atoms with Gasteiger partial charge in [-0.1, -0.05) is 50.1 Å². The standard InChI is InChI=1S/C18H27NO2/c1-4-14(2)19-18(17(20)21-3)13-9-8-12-16(18)15-10-6-5-7-11-15/h5-7,10-11,14,16,19H,4,8-9,12-13H2,1-3H3. The second kappa shape index (κ2) is 7.08. The molecule has 1 aromatic rings. The molecule has 0 saturated heterocycles. The number of hydrogen-bond acceptors (Lipinski definition) is 3. The van der Waals surface area contributed by atoms with Gasteiger partial charge in [-0.3, -0.25) is 10.1 Å². The van der Waals surface area contributed by atoms with Gasteiger partial charge >= 0.3 is 5.97 Å². The summed E-state index contributed by atoms with van der Waals surface area (Å²) in [5, 5.41) is 3.61. The summed E-state index contributed by atoms with van der Waals surface area (Å²) in [7, 11) is 1.50. The summed E-state index contributed by atoms with van der Waals surface area (Å²) in [4.78, 5) is 12.6. The summed E-state index contributed by atoms with van der Waals surface area (Å²) >= 11 is 0. The Morgan fingerprint density at radius 3 is 2.71 bits per heavy atom. The van der Waals surface area contributed by atoms with E-state index in [4.69, 9.17) is 4.74 Å². The predicted octanol–water partition coefficient (Wildman–Crippen LogP) is 3.64. The molecular weight excluding hydrogens is 262 g/mol. The molecule has 0 aliphatic heterocycles. The maximum absolute atomic E-state index is 12.6. The minimum Gasteiger partial charge on any atom is -0.468 e. The predicted molar refractivity (Wildman–Crippen MR) is 85.3 cm³/mol. The van der Waals surface area contributed by atoms with Crippen molar-refractivity contribution in [3.8, 4) is 0 Å². The first kappa shape index (κ1) is 16.0. The van der Waals surface area contributed by atoms with Crippen LogP contribution in [-0.4, -0.2) is 24.7 Å². The van der Waals surface area contributed by atoms with Gasteiger partial charge in [0.15, 0.2) is 0 Å². The highest BCUT2D eigenvalue weighted by atomic mass is 16.5. The van der Waals surface area contributed by atoms with Gasteiger partial charge in [-0.05, 0) is 31.7 Å². The summed E-state index contributed by atoms with van der Waals surface area (Å²) < 4.78 is 5.19. The lowest BCUT2D eigenvalue weighted by Gasteiger charge is -2.44. The molecule has 1 N–H and O–H groups in total. The van der Waals surface area contributed by atoms with Gasteiger partial charge in [0.25, 0.3) is 0 Å². The van der Waals surface area contributed by atoms with E-state index in [2.05, 4.69) is 43.4 Å². The number of esters is 1. The monoisotopic (exact) mass is 289 g/mol. The number of hydrogen-bond donors (Lipinski definition) is 1. The molecule has 1 aliphatic rings. The van der Waals surface area contributed by atoms with Crippen molar-refractivity contribution in [3.63, 3.8) is 0 Å². The van der Waals surface area contributed by atoms with Crippen LogP contribution in [-0.2, 0) is 9.53 Å². The third-order valence-electron chi connectivity index (χ3n) is 4.78. The van der Waals surface area contributed by atoms with Crippen molar-refractivity contribution in [2.45, 2.75) is 63.5 Å². The number of benzene rings is 1. The molecule has 0 aromatic heterocycles. The highest BCUT2D eigenvalue weighted by Gasteiger charge is 2.48. The SMILES string of the molecule is CCC(C)NC1(C(=O)OC)CCCCC1c1ccccc1. The van der Waals surface area contributed by atoms with E-state index in [0.29, 0.717) is 6.04 Å². The average Bonchev–Trinajstić information content (AvgIpc) is 2.55. The second-order valence-corrected chi connectivity index (χ2v) is 6.13. The van der Waals surface area contributed by atoms with Gasteiger partial charge < -0.3 is 4.74 Å². The summed E-state index contributed by atoms with van der Waals surface area (Å²) in [6.45, 7) is 4.28. The molecule has 1 aliphatic carbocycles. The van der Waals surface area contributed by atoms with E-state index in [9.17, 15) is 4.79 Å². The quantitative estimate of drug-likeness (QED) is 0.841. The molecule has 21 heavy (non-hydrogen) atoms. The van der Waals surface area contributed by atoms with E-state index < -0.39 is 5.54 Å². The Morgan fingerprint density at radius 2 is 2.10 bits per heavy atom. The number of ether oxygens (including phenoxy) is 1. The van der Waals surface area contributed by atoms with Crippen LogP contribution in [0.25, 0.3) is 0 Å². The van der Waals surface area contributed by atoms with Crippen LogP contribution >= 0.6 is 0 Å². The van der Waals surface area contributed by atoms with Crippen LogP contribution in [0, 0.1) is 0 Å². The summed E-state index contributed by atoms with van der Waals surface area (Å²) in [6.07, 6.45) is 5.12. The summed E-state index contributed by atoms with van der Waals surface area (Å²) in [5.41, 5.74) is 0.655. The van der Waals surface area contributed by atoms with Gasteiger partial charge in [0.2, 0.25) is 0 Å². The van der Waals surface area contributed by atoms with E-state index in [0.717, 1.165) is 25.7 Å². The van der Waals surface area contributed by atoms with Gasteiger partial charge in [-0.2, -0.15) is 0 Å². The van der Waals surface area contributed by atoms with Gasteiger partial charge in [0.05, 0.1) is 7.11 Å². The van der Waals surface area contributed by atoms with Crippen molar-refractivity contribution in [1.29, 1.82) is 0 Å². The van der Waals surface area contributed by atoms with Crippen LogP contribution in [0.5, 0.6) is 0 Å². The first-order chi connectivity index (χ1) is 10.1. The molecule has 3 nitrogen and oxygen atoms in total. The second-order valence-electron chi connectivity index (χ2n) is 6.13. The number of nitrogens with one attached hydrogen (secondary N) is 1. The molecule has 0 radical (unpaired) electrons. The van der Waals surface area contributed by atoms with Crippen molar-refractivity contribution in [2.24, 2.45) is 0 Å². The van der Waals surface area contributed by atoms with Crippen LogP contribution in [0.2, 0.25) is 0 Å². The Balaban J connectivity index is 2.40. The summed E-state index contributed by atoms with van der Waals surface area (Å²) in [5.74, 6) is 0.0743. The van der Waals surface area contributed by atoms with Crippen LogP contribution in [0.15, 0.2) is 30.3 Å². The molecule has 3 unspecified atom stereocenters. The van der Waals surface area contributed by atoms with Crippen molar-refractivity contribution >= 4 is 5.97 Å². The Labute approximate surface area is 128 Å². The van der Waals surface area contributed by atoms with Gasteiger partial charge in [0.1, 0.15) is 5.54 Å². The third-order valence-corrected chi connectivity index (χ3v) is 4.78. The van der Waals surface area contributed by atoms with E-state index in [1.165, 1.54) is 19.1 Å². The van der Waals surface area contributed by atoms with Crippen LogP contribution in [0.1, 0.15) is 57.4 Å². The minimum atomic E-state index is -0.580. The molecule has 0 heterocycles. The molecule has 0 spiro atoms. The third kappa shape index (κ3) is 3.29. The Bertz CT molecular complexity index is 460. The lowest BCUT2D eigenvalue weighted by atomic mass is 9.69. The fourth-order valence-electron chi connectivity index (χ4n) is 3.51. The molecule has 0 amide bonds. The van der Waals surface area contributed by atoms with Crippen molar-refractivity contribution in [2.75, 3.05) is 7.11 Å². The number of methoxy groups -OCH3 is 1. The Hall–Kier alpha value is -1.35. The number of carbonyl (C=O) groups is 1. The fraction of sp³-hybridized carbons (Fsp3) is 0.611. The zero-order chi connectivity index (χ0) is 15.3. The molecule has 1 saturated carbocycles. The highest BCUT2D eigenvalue weighted by molar-refractivity contribution is 5.82. The molecule has 0 bridgehead atoms. The molecule has 3 atom stereocenters. The zero-order valence-electron chi connectivity index (χ0n) is 13.4. The van der Waals surface area contributed by atoms with E-state index >= 15 is 0 Å². The first-order valence-corrected chi connectivity index (χ1v) is 8.05. The molecule has 116 valence electrons. The molecule has 1 fully saturated rings. The lowest BCUT2D eigenvalue weighted by molar-refractivity contribution is -0.151. The Kier molecular flexibility index (Phi) is 5.40. The van der Waals surface area contributed by atoms with Crippen molar-refractivity contribution in [3.05, 3.63) is 35.9 Å².